The van der Waals surface area contributed by atoms with Gasteiger partial charge in [-0.15, -0.1) is 11.3 Å². The van der Waals surface area contributed by atoms with E-state index in [1.54, 1.807) is 0 Å². The molecule has 2 aliphatic rings. The molecule has 0 N–H and O–H groups in total. The molecule has 130 valence electrons. The maximum atomic E-state index is 2.34. The summed E-state index contributed by atoms with van der Waals surface area (Å²) in [5.74, 6) is 0. The Kier molecular flexibility index (Phi) is 2.65. The van der Waals surface area contributed by atoms with Gasteiger partial charge in [0.25, 0.3) is 0 Å². The third-order valence-electron chi connectivity index (χ3n) is 6.49. The predicted octanol–water partition coefficient (Wildman–Crippen LogP) is 7.24. The van der Waals surface area contributed by atoms with E-state index in [1.807, 2.05) is 11.3 Å². The molecule has 0 saturated heterocycles. The average Bonchev–Trinajstić information content (AvgIpc) is 3.37. The summed E-state index contributed by atoms with van der Waals surface area (Å²) in [7, 11) is 0. The molecule has 0 saturated carbocycles. The topological polar surface area (TPSA) is 0 Å². The van der Waals surface area contributed by atoms with E-state index in [-0.39, 0.29) is 5.41 Å². The SMILES string of the molecule is c1ccc2c(c1)-c1ccccc1C21c2ccccc2-c2c1sc1ccccc21. The molecule has 7 rings (SSSR count). The zero-order valence-corrected chi connectivity index (χ0v) is 16.0. The number of benzene rings is 4. The maximum Gasteiger partial charge on any atom is 0.0819 e. The summed E-state index contributed by atoms with van der Waals surface area (Å²) in [6, 6.07) is 35.9. The van der Waals surface area contributed by atoms with Crippen LogP contribution in [0.15, 0.2) is 97.1 Å². The second kappa shape index (κ2) is 5.01. The van der Waals surface area contributed by atoms with Crippen LogP contribution in [0.1, 0.15) is 21.6 Å². The molecule has 0 bridgehead atoms. The van der Waals surface area contributed by atoms with Gasteiger partial charge in [0.05, 0.1) is 5.41 Å². The molecular formula is C27H16S. The van der Waals surface area contributed by atoms with Gasteiger partial charge in [-0.1, -0.05) is 91.0 Å². The van der Waals surface area contributed by atoms with Crippen LogP contribution >= 0.6 is 11.3 Å². The van der Waals surface area contributed by atoms with Gasteiger partial charge < -0.3 is 0 Å². The van der Waals surface area contributed by atoms with Crippen molar-refractivity contribution in [1.29, 1.82) is 0 Å². The van der Waals surface area contributed by atoms with Crippen molar-refractivity contribution < 1.29 is 0 Å². The molecular weight excluding hydrogens is 356 g/mol. The normalized spacial score (nSPS) is 14.7. The van der Waals surface area contributed by atoms with E-state index in [0.717, 1.165) is 0 Å². The highest BCUT2D eigenvalue weighted by Crippen LogP contribution is 2.65. The van der Waals surface area contributed by atoms with Gasteiger partial charge >= 0.3 is 0 Å². The Morgan fingerprint density at radius 2 is 1.00 bits per heavy atom. The van der Waals surface area contributed by atoms with Gasteiger partial charge in [0.1, 0.15) is 0 Å². The van der Waals surface area contributed by atoms with Gasteiger partial charge in [0, 0.05) is 20.5 Å². The largest absolute Gasteiger partial charge is 0.138 e. The van der Waals surface area contributed by atoms with Gasteiger partial charge in [-0.3, -0.25) is 0 Å². The zero-order valence-electron chi connectivity index (χ0n) is 15.1. The molecule has 0 radical (unpaired) electrons. The Balaban J connectivity index is 1.76. The van der Waals surface area contributed by atoms with Crippen molar-refractivity contribution in [2.75, 3.05) is 0 Å². The fourth-order valence-electron chi connectivity index (χ4n) is 5.50. The highest BCUT2D eigenvalue weighted by atomic mass is 32.1. The third-order valence-corrected chi connectivity index (χ3v) is 7.78. The first-order valence-corrected chi connectivity index (χ1v) is 10.5. The zero-order chi connectivity index (χ0) is 18.3. The Morgan fingerprint density at radius 1 is 0.500 bits per heavy atom. The molecule has 4 aromatic carbocycles. The van der Waals surface area contributed by atoms with Crippen LogP contribution < -0.4 is 0 Å². The summed E-state index contributed by atoms with van der Waals surface area (Å²) in [6.45, 7) is 0. The summed E-state index contributed by atoms with van der Waals surface area (Å²) in [5.41, 5.74) is 9.66. The standard InChI is InChI=1S/C27H16S/c1-5-13-21-17(9-1)18-10-2-6-14-22(18)27(21)23-15-7-3-11-19(23)25-20-12-4-8-16-24(20)28-26(25)27/h1-16H. The lowest BCUT2D eigenvalue weighted by molar-refractivity contribution is 0.811. The smallest absolute Gasteiger partial charge is 0.0819 e. The number of rotatable bonds is 0. The number of fused-ring (bicyclic) bond motifs is 12. The monoisotopic (exact) mass is 372 g/mol. The van der Waals surface area contributed by atoms with Crippen LogP contribution in [-0.4, -0.2) is 0 Å². The molecule has 1 heteroatoms. The number of hydrogen-bond donors (Lipinski definition) is 0. The fraction of sp³-hybridized carbons (Fsp3) is 0.0370. The van der Waals surface area contributed by atoms with Crippen molar-refractivity contribution in [2.24, 2.45) is 0 Å². The van der Waals surface area contributed by atoms with E-state index in [4.69, 9.17) is 0 Å². The summed E-state index contributed by atoms with van der Waals surface area (Å²) in [5, 5.41) is 1.38. The fourth-order valence-corrected chi connectivity index (χ4v) is 6.95. The molecule has 0 fully saturated rings. The van der Waals surface area contributed by atoms with Crippen molar-refractivity contribution in [3.05, 3.63) is 119 Å². The van der Waals surface area contributed by atoms with Crippen molar-refractivity contribution in [2.45, 2.75) is 5.41 Å². The third kappa shape index (κ3) is 1.51. The van der Waals surface area contributed by atoms with Crippen LogP contribution in [0.3, 0.4) is 0 Å². The van der Waals surface area contributed by atoms with Crippen molar-refractivity contribution in [1.82, 2.24) is 0 Å². The van der Waals surface area contributed by atoms with Gasteiger partial charge in [-0.2, -0.15) is 0 Å². The van der Waals surface area contributed by atoms with E-state index in [2.05, 4.69) is 97.1 Å². The molecule has 0 unspecified atom stereocenters. The van der Waals surface area contributed by atoms with Crippen LogP contribution in [0.2, 0.25) is 0 Å². The molecule has 0 amide bonds. The Morgan fingerprint density at radius 3 is 1.68 bits per heavy atom. The summed E-state index contributed by atoms with van der Waals surface area (Å²) < 4.78 is 1.38. The molecule has 2 aliphatic carbocycles. The van der Waals surface area contributed by atoms with E-state index in [1.165, 1.54) is 53.9 Å². The Hall–Kier alpha value is -3.16. The molecule has 1 aromatic heterocycles. The second-order valence-electron chi connectivity index (χ2n) is 7.69. The van der Waals surface area contributed by atoms with Gasteiger partial charge in [0.15, 0.2) is 0 Å². The van der Waals surface area contributed by atoms with E-state index in [0.29, 0.717) is 0 Å². The van der Waals surface area contributed by atoms with Gasteiger partial charge in [0.2, 0.25) is 0 Å². The predicted molar refractivity (Wildman–Crippen MR) is 118 cm³/mol. The van der Waals surface area contributed by atoms with Crippen LogP contribution in [0.4, 0.5) is 0 Å². The molecule has 28 heavy (non-hydrogen) atoms. The van der Waals surface area contributed by atoms with Gasteiger partial charge in [-0.05, 0) is 39.4 Å². The molecule has 5 aromatic rings. The van der Waals surface area contributed by atoms with E-state index >= 15 is 0 Å². The first-order chi connectivity index (χ1) is 13.9. The first-order valence-electron chi connectivity index (χ1n) is 9.72. The van der Waals surface area contributed by atoms with E-state index in [9.17, 15) is 0 Å². The summed E-state index contributed by atoms with van der Waals surface area (Å²) in [4.78, 5) is 1.48. The lowest BCUT2D eigenvalue weighted by Crippen LogP contribution is -2.24. The summed E-state index contributed by atoms with van der Waals surface area (Å²) >= 11 is 1.97. The molecule has 0 nitrogen and oxygen atoms in total. The van der Waals surface area contributed by atoms with Crippen molar-refractivity contribution in [3.63, 3.8) is 0 Å². The van der Waals surface area contributed by atoms with Gasteiger partial charge in [-0.25, -0.2) is 0 Å². The quantitative estimate of drug-likeness (QED) is 0.263. The number of thiophene rings is 1. The van der Waals surface area contributed by atoms with Crippen molar-refractivity contribution >= 4 is 21.4 Å². The minimum absolute atomic E-state index is 0.192. The lowest BCUT2D eigenvalue weighted by atomic mass is 9.74. The molecule has 0 aliphatic heterocycles. The van der Waals surface area contributed by atoms with Crippen LogP contribution in [-0.2, 0) is 5.41 Å². The number of hydrogen-bond acceptors (Lipinski definition) is 1. The van der Waals surface area contributed by atoms with Crippen molar-refractivity contribution in [3.8, 4) is 22.3 Å². The lowest BCUT2D eigenvalue weighted by Gasteiger charge is -2.29. The first kappa shape index (κ1) is 14.8. The van der Waals surface area contributed by atoms with Crippen LogP contribution in [0.25, 0.3) is 32.3 Å². The second-order valence-corrected chi connectivity index (χ2v) is 8.74. The summed E-state index contributed by atoms with van der Waals surface area (Å²) in [6.07, 6.45) is 0. The minimum atomic E-state index is -0.192. The minimum Gasteiger partial charge on any atom is -0.138 e. The van der Waals surface area contributed by atoms with E-state index < -0.39 is 0 Å². The highest BCUT2D eigenvalue weighted by molar-refractivity contribution is 7.20. The van der Waals surface area contributed by atoms with Crippen LogP contribution in [0, 0.1) is 0 Å². The molecule has 1 heterocycles. The molecule has 0 atom stereocenters. The average molecular weight is 372 g/mol. The highest BCUT2D eigenvalue weighted by Gasteiger charge is 2.52. The molecule has 1 spiro atoms. The maximum absolute atomic E-state index is 2.34. The Labute approximate surface area is 167 Å². The van der Waals surface area contributed by atoms with Crippen LogP contribution in [0.5, 0.6) is 0 Å². The Bertz CT molecular complexity index is 1370.